The van der Waals surface area contributed by atoms with Crippen LogP contribution in [-0.4, -0.2) is 27.7 Å². The number of aromatic hydroxyl groups is 1. The highest BCUT2D eigenvalue weighted by Gasteiger charge is 2.13. The van der Waals surface area contributed by atoms with E-state index in [1.54, 1.807) is 48.5 Å². The molecule has 10 heteroatoms. The molecule has 1 amide bonds. The molecule has 0 fully saturated rings. The van der Waals surface area contributed by atoms with E-state index in [4.69, 9.17) is 33.0 Å². The fourth-order valence-corrected chi connectivity index (χ4v) is 3.85. The van der Waals surface area contributed by atoms with Crippen molar-refractivity contribution in [2.45, 2.75) is 6.92 Å². The molecule has 4 aromatic rings. The molecule has 0 aliphatic rings. The first-order valence-corrected chi connectivity index (χ1v) is 11.4. The van der Waals surface area contributed by atoms with Gasteiger partial charge in [-0.15, -0.1) is 0 Å². The number of thiocarbonyl (C=S) groups is 1. The summed E-state index contributed by atoms with van der Waals surface area (Å²) in [5, 5.41) is 15.7. The van der Waals surface area contributed by atoms with Crippen LogP contribution >= 0.6 is 39.7 Å². The Balaban J connectivity index is 1.46. The Morgan fingerprint density at radius 3 is 2.76 bits per heavy atom. The molecule has 0 atom stereocenters. The summed E-state index contributed by atoms with van der Waals surface area (Å²) in [6, 6.07) is 15.0. The lowest BCUT2D eigenvalue weighted by Crippen LogP contribution is -2.34. The summed E-state index contributed by atoms with van der Waals surface area (Å²) in [6.07, 6.45) is 0. The number of fused-ring (bicyclic) bond motifs is 1. The number of nitrogens with one attached hydrogen (secondary N) is 2. The molecule has 0 unspecified atom stereocenters. The Hall–Kier alpha value is -3.14. The molecule has 33 heavy (non-hydrogen) atoms. The molecule has 0 bridgehead atoms. The predicted octanol–water partition coefficient (Wildman–Crippen LogP) is 6.14. The van der Waals surface area contributed by atoms with E-state index in [1.165, 1.54) is 6.07 Å². The number of aromatic nitrogens is 1. The van der Waals surface area contributed by atoms with Gasteiger partial charge < -0.3 is 19.6 Å². The Labute approximate surface area is 207 Å². The molecule has 168 valence electrons. The van der Waals surface area contributed by atoms with Crippen molar-refractivity contribution < 1.29 is 19.1 Å². The van der Waals surface area contributed by atoms with Gasteiger partial charge in [0.05, 0.1) is 16.1 Å². The van der Waals surface area contributed by atoms with Crippen LogP contribution in [0.4, 0.5) is 5.69 Å². The third kappa shape index (κ3) is 5.27. The molecule has 0 saturated carbocycles. The maximum atomic E-state index is 12.5. The van der Waals surface area contributed by atoms with E-state index in [9.17, 15) is 9.90 Å². The number of phenols is 1. The SMILES string of the molecule is CCOc1ccc(C(=O)NC(=S)Nc2ccc3oc(-c4ccc(O)c(Br)c4)nc3c2)cc1Cl. The van der Waals surface area contributed by atoms with Crippen LogP contribution in [0.2, 0.25) is 5.02 Å². The van der Waals surface area contributed by atoms with Gasteiger partial charge in [-0.25, -0.2) is 4.98 Å². The largest absolute Gasteiger partial charge is 0.507 e. The molecular weight excluding hydrogens is 530 g/mol. The lowest BCUT2D eigenvalue weighted by atomic mass is 10.2. The van der Waals surface area contributed by atoms with Crippen molar-refractivity contribution in [1.82, 2.24) is 10.3 Å². The molecule has 3 aromatic carbocycles. The lowest BCUT2D eigenvalue weighted by molar-refractivity contribution is 0.0977. The molecule has 1 heterocycles. The van der Waals surface area contributed by atoms with Crippen molar-refractivity contribution in [2.75, 3.05) is 11.9 Å². The fraction of sp³-hybridized carbons (Fsp3) is 0.0870. The number of anilines is 1. The summed E-state index contributed by atoms with van der Waals surface area (Å²) in [7, 11) is 0. The highest BCUT2D eigenvalue weighted by atomic mass is 79.9. The number of ether oxygens (including phenoxy) is 1. The van der Waals surface area contributed by atoms with Gasteiger partial charge in [-0.05, 0) is 89.7 Å². The summed E-state index contributed by atoms with van der Waals surface area (Å²) in [6.45, 7) is 2.33. The minimum absolute atomic E-state index is 0.121. The normalized spacial score (nSPS) is 10.8. The number of amides is 1. The average Bonchev–Trinajstić information content (AvgIpc) is 3.20. The number of rotatable bonds is 5. The van der Waals surface area contributed by atoms with Crippen molar-refractivity contribution in [3.05, 3.63) is 69.7 Å². The first-order chi connectivity index (χ1) is 15.8. The van der Waals surface area contributed by atoms with Crippen LogP contribution in [0.5, 0.6) is 11.5 Å². The zero-order chi connectivity index (χ0) is 23.5. The Morgan fingerprint density at radius 2 is 2.03 bits per heavy atom. The monoisotopic (exact) mass is 545 g/mol. The zero-order valence-electron chi connectivity index (χ0n) is 17.2. The van der Waals surface area contributed by atoms with E-state index in [2.05, 4.69) is 31.5 Å². The maximum absolute atomic E-state index is 12.5. The summed E-state index contributed by atoms with van der Waals surface area (Å²) in [5.41, 5.74) is 2.88. The van der Waals surface area contributed by atoms with Crippen LogP contribution in [-0.2, 0) is 0 Å². The van der Waals surface area contributed by atoms with Crippen molar-refractivity contribution in [1.29, 1.82) is 0 Å². The highest BCUT2D eigenvalue weighted by Crippen LogP contribution is 2.31. The van der Waals surface area contributed by atoms with Crippen molar-refractivity contribution >= 4 is 67.6 Å². The van der Waals surface area contributed by atoms with E-state index < -0.39 is 5.91 Å². The van der Waals surface area contributed by atoms with Gasteiger partial charge in [-0.1, -0.05) is 11.6 Å². The quantitative estimate of drug-likeness (QED) is 0.259. The topological polar surface area (TPSA) is 96.6 Å². The van der Waals surface area contributed by atoms with Gasteiger partial charge in [-0.2, -0.15) is 0 Å². The Kier molecular flexibility index (Phi) is 6.83. The van der Waals surface area contributed by atoms with E-state index in [-0.39, 0.29) is 10.9 Å². The summed E-state index contributed by atoms with van der Waals surface area (Å²) >= 11 is 14.7. The second kappa shape index (κ2) is 9.78. The lowest BCUT2D eigenvalue weighted by Gasteiger charge is -2.11. The number of hydrogen-bond donors (Lipinski definition) is 3. The number of phenolic OH excluding ortho intramolecular Hbond substituents is 1. The number of carbonyl (C=O) groups is 1. The molecule has 0 spiro atoms. The molecule has 7 nitrogen and oxygen atoms in total. The summed E-state index contributed by atoms with van der Waals surface area (Å²) in [4.78, 5) is 17.0. The van der Waals surface area contributed by atoms with Crippen molar-refractivity contribution in [3.8, 4) is 23.0 Å². The van der Waals surface area contributed by atoms with E-state index in [0.717, 1.165) is 0 Å². The van der Waals surface area contributed by atoms with Crippen LogP contribution in [0.25, 0.3) is 22.6 Å². The first-order valence-electron chi connectivity index (χ1n) is 9.78. The van der Waals surface area contributed by atoms with E-state index >= 15 is 0 Å². The van der Waals surface area contributed by atoms with Crippen LogP contribution in [0, 0.1) is 0 Å². The molecule has 0 aliphatic carbocycles. The smallest absolute Gasteiger partial charge is 0.257 e. The number of hydrogen-bond acceptors (Lipinski definition) is 6. The van der Waals surface area contributed by atoms with Crippen LogP contribution in [0.1, 0.15) is 17.3 Å². The predicted molar refractivity (Wildman–Crippen MR) is 135 cm³/mol. The summed E-state index contributed by atoms with van der Waals surface area (Å²) < 4.78 is 11.7. The minimum atomic E-state index is -0.403. The molecule has 4 rings (SSSR count). The van der Waals surface area contributed by atoms with Gasteiger partial charge in [-0.3, -0.25) is 10.1 Å². The molecule has 3 N–H and O–H groups in total. The van der Waals surface area contributed by atoms with E-state index in [1.807, 2.05) is 6.92 Å². The van der Waals surface area contributed by atoms with Gasteiger partial charge in [0.2, 0.25) is 5.89 Å². The van der Waals surface area contributed by atoms with Crippen LogP contribution < -0.4 is 15.4 Å². The van der Waals surface area contributed by atoms with Gasteiger partial charge in [0, 0.05) is 16.8 Å². The minimum Gasteiger partial charge on any atom is -0.507 e. The summed E-state index contributed by atoms with van der Waals surface area (Å²) in [5.74, 6) is 0.645. The second-order valence-electron chi connectivity index (χ2n) is 6.85. The van der Waals surface area contributed by atoms with Crippen molar-refractivity contribution in [2.24, 2.45) is 0 Å². The molecule has 0 saturated heterocycles. The maximum Gasteiger partial charge on any atom is 0.257 e. The van der Waals surface area contributed by atoms with Gasteiger partial charge in [0.15, 0.2) is 10.7 Å². The standard InChI is InChI=1S/C23H17BrClN3O4S/c1-2-31-19-7-4-12(10-16(19)25)21(30)28-23(33)26-14-5-8-20-17(11-14)27-22(32-20)13-3-6-18(29)15(24)9-13/h3-11,29H,2H2,1H3,(H2,26,28,30,33). The van der Waals surface area contributed by atoms with Crippen LogP contribution in [0.15, 0.2) is 63.5 Å². The molecule has 1 aromatic heterocycles. The second-order valence-corrected chi connectivity index (χ2v) is 8.52. The molecule has 0 radical (unpaired) electrons. The Bertz CT molecular complexity index is 1380. The fourth-order valence-electron chi connectivity index (χ4n) is 3.02. The zero-order valence-corrected chi connectivity index (χ0v) is 20.3. The Morgan fingerprint density at radius 1 is 1.21 bits per heavy atom. The van der Waals surface area contributed by atoms with E-state index in [0.29, 0.717) is 55.7 Å². The average molecular weight is 547 g/mol. The third-order valence-electron chi connectivity index (χ3n) is 4.56. The first kappa shape index (κ1) is 23.0. The number of nitrogens with zero attached hydrogens (tertiary/aromatic N) is 1. The van der Waals surface area contributed by atoms with Gasteiger partial charge >= 0.3 is 0 Å². The number of halogens is 2. The molecular formula is C23H17BrClN3O4S. The highest BCUT2D eigenvalue weighted by molar-refractivity contribution is 9.10. The third-order valence-corrected chi connectivity index (χ3v) is 5.70. The van der Waals surface area contributed by atoms with Gasteiger partial charge in [0.25, 0.3) is 5.91 Å². The van der Waals surface area contributed by atoms with Crippen molar-refractivity contribution in [3.63, 3.8) is 0 Å². The van der Waals surface area contributed by atoms with Crippen LogP contribution in [0.3, 0.4) is 0 Å². The number of carbonyl (C=O) groups excluding carboxylic acids is 1. The number of benzene rings is 3. The number of oxazole rings is 1. The molecule has 0 aliphatic heterocycles. The van der Waals surface area contributed by atoms with Gasteiger partial charge in [0.1, 0.15) is 17.0 Å².